The molecule has 25 heavy (non-hydrogen) atoms. The van der Waals surface area contributed by atoms with E-state index in [1.165, 1.54) is 16.9 Å². The number of thiazole rings is 1. The van der Waals surface area contributed by atoms with Gasteiger partial charge in [-0.2, -0.15) is 0 Å². The van der Waals surface area contributed by atoms with Crippen LogP contribution in [0, 0.1) is 6.92 Å². The fourth-order valence-electron chi connectivity index (χ4n) is 2.13. The van der Waals surface area contributed by atoms with Crippen molar-refractivity contribution in [3.63, 3.8) is 0 Å². The fourth-order valence-corrected chi connectivity index (χ4v) is 3.86. The highest BCUT2D eigenvalue weighted by atomic mass is 32.2. The van der Waals surface area contributed by atoms with E-state index in [-0.39, 0.29) is 12.4 Å². The minimum absolute atomic E-state index is 0.215. The average Bonchev–Trinajstić information content (AvgIpc) is 3.23. The number of aryl methyl sites for hydroxylation is 1. The van der Waals surface area contributed by atoms with Crippen LogP contribution in [0.5, 0.6) is 0 Å². The van der Waals surface area contributed by atoms with Crippen molar-refractivity contribution in [2.75, 3.05) is 6.61 Å². The summed E-state index contributed by atoms with van der Waals surface area (Å²) < 4.78 is 11.4. The molecule has 0 spiro atoms. The van der Waals surface area contributed by atoms with Gasteiger partial charge in [0.1, 0.15) is 6.26 Å². The number of oxazole rings is 1. The maximum atomic E-state index is 11.5. The van der Waals surface area contributed by atoms with Crippen LogP contribution in [0.25, 0.3) is 11.5 Å². The molecule has 0 amide bonds. The Morgan fingerprint density at radius 3 is 2.80 bits per heavy atom. The quantitative estimate of drug-likeness (QED) is 0.448. The predicted octanol–water partition coefficient (Wildman–Crippen LogP) is 4.50. The van der Waals surface area contributed by atoms with E-state index in [9.17, 15) is 4.79 Å². The summed E-state index contributed by atoms with van der Waals surface area (Å²) in [7, 11) is 0. The zero-order valence-corrected chi connectivity index (χ0v) is 15.7. The molecule has 0 unspecified atom stereocenters. The van der Waals surface area contributed by atoms with Crippen molar-refractivity contribution in [1.82, 2.24) is 9.97 Å². The Balaban J connectivity index is 1.56. The number of thioether (sulfide) groups is 1. The van der Waals surface area contributed by atoms with Crippen molar-refractivity contribution in [2.45, 2.75) is 30.4 Å². The highest BCUT2D eigenvalue weighted by Gasteiger charge is 2.11. The van der Waals surface area contributed by atoms with Gasteiger partial charge in [-0.25, -0.2) is 9.97 Å². The van der Waals surface area contributed by atoms with Gasteiger partial charge < -0.3 is 9.15 Å². The van der Waals surface area contributed by atoms with Gasteiger partial charge in [0.15, 0.2) is 4.34 Å². The third kappa shape index (κ3) is 4.93. The summed E-state index contributed by atoms with van der Waals surface area (Å²) in [6.45, 7) is 4.23. The molecule has 130 valence electrons. The molecule has 0 aliphatic rings. The van der Waals surface area contributed by atoms with Crippen LogP contribution in [0.1, 0.15) is 23.9 Å². The first kappa shape index (κ1) is 17.7. The first-order valence-corrected chi connectivity index (χ1v) is 9.75. The van der Waals surface area contributed by atoms with E-state index < -0.39 is 0 Å². The van der Waals surface area contributed by atoms with Crippen molar-refractivity contribution >= 4 is 29.1 Å². The number of esters is 1. The van der Waals surface area contributed by atoms with Crippen LogP contribution in [0.15, 0.2) is 44.7 Å². The van der Waals surface area contributed by atoms with E-state index in [4.69, 9.17) is 9.15 Å². The first-order chi connectivity index (χ1) is 12.1. The Hall–Kier alpha value is -2.12. The SMILES string of the molecule is CCOC(=O)Cc1csc(SCc2coc(-c3ccc(C)cc3)n2)n1. The number of rotatable bonds is 7. The summed E-state index contributed by atoms with van der Waals surface area (Å²) in [5.74, 6) is 1.04. The Morgan fingerprint density at radius 2 is 2.04 bits per heavy atom. The van der Waals surface area contributed by atoms with Gasteiger partial charge in [0.2, 0.25) is 5.89 Å². The Labute approximate surface area is 154 Å². The van der Waals surface area contributed by atoms with Crippen LogP contribution >= 0.6 is 23.1 Å². The lowest BCUT2D eigenvalue weighted by Gasteiger charge is -1.98. The second-order valence-electron chi connectivity index (χ2n) is 5.39. The summed E-state index contributed by atoms with van der Waals surface area (Å²) in [5.41, 5.74) is 3.77. The van der Waals surface area contributed by atoms with Crippen LogP contribution in [0.3, 0.4) is 0 Å². The highest BCUT2D eigenvalue weighted by Crippen LogP contribution is 2.27. The normalized spacial score (nSPS) is 10.8. The Kier molecular flexibility index (Phi) is 5.88. The average molecular weight is 374 g/mol. The molecule has 0 radical (unpaired) electrons. The highest BCUT2D eigenvalue weighted by molar-refractivity contribution is 8.00. The van der Waals surface area contributed by atoms with Crippen LogP contribution in [0.2, 0.25) is 0 Å². The molecule has 0 fully saturated rings. The van der Waals surface area contributed by atoms with Crippen LogP contribution in [-0.4, -0.2) is 22.5 Å². The molecule has 0 N–H and O–H groups in total. The lowest BCUT2D eigenvalue weighted by atomic mass is 10.1. The molecule has 3 aromatic rings. The van der Waals surface area contributed by atoms with Gasteiger partial charge in [-0.05, 0) is 26.0 Å². The summed E-state index contributed by atoms with van der Waals surface area (Å²) in [5, 5.41) is 1.89. The van der Waals surface area contributed by atoms with Gasteiger partial charge in [-0.3, -0.25) is 4.79 Å². The van der Waals surface area contributed by atoms with E-state index in [1.54, 1.807) is 24.9 Å². The maximum absolute atomic E-state index is 11.5. The molecule has 0 aliphatic carbocycles. The van der Waals surface area contributed by atoms with Crippen molar-refractivity contribution in [3.8, 4) is 11.5 Å². The number of benzene rings is 1. The molecule has 2 aromatic heterocycles. The number of hydrogen-bond donors (Lipinski definition) is 0. The van der Waals surface area contributed by atoms with E-state index in [1.807, 2.05) is 36.6 Å². The summed E-state index contributed by atoms with van der Waals surface area (Å²) >= 11 is 3.10. The number of carbonyl (C=O) groups excluding carboxylic acids is 1. The molecular weight excluding hydrogens is 356 g/mol. The number of hydrogen-bond acceptors (Lipinski definition) is 7. The molecule has 0 saturated heterocycles. The second kappa shape index (κ2) is 8.31. The molecule has 0 bridgehead atoms. The van der Waals surface area contributed by atoms with E-state index in [0.717, 1.165) is 21.3 Å². The summed E-state index contributed by atoms with van der Waals surface area (Å²) in [4.78, 5) is 20.4. The number of nitrogens with zero attached hydrogens (tertiary/aromatic N) is 2. The molecule has 5 nitrogen and oxygen atoms in total. The first-order valence-electron chi connectivity index (χ1n) is 7.88. The molecule has 0 atom stereocenters. The topological polar surface area (TPSA) is 65.2 Å². The predicted molar refractivity (Wildman–Crippen MR) is 98.7 cm³/mol. The van der Waals surface area contributed by atoms with Crippen molar-refractivity contribution in [2.24, 2.45) is 0 Å². The zero-order chi connectivity index (χ0) is 17.6. The molecule has 2 heterocycles. The minimum Gasteiger partial charge on any atom is -0.466 e. The number of aromatic nitrogens is 2. The van der Waals surface area contributed by atoms with Gasteiger partial charge in [-0.15, -0.1) is 11.3 Å². The van der Waals surface area contributed by atoms with Gasteiger partial charge >= 0.3 is 5.97 Å². The molecular formula is C18H18N2O3S2. The fraction of sp³-hybridized carbons (Fsp3) is 0.278. The molecule has 0 saturated carbocycles. The van der Waals surface area contributed by atoms with Crippen molar-refractivity contribution in [3.05, 3.63) is 52.9 Å². The lowest BCUT2D eigenvalue weighted by Crippen LogP contribution is -2.07. The van der Waals surface area contributed by atoms with Gasteiger partial charge in [-0.1, -0.05) is 29.5 Å². The maximum Gasteiger partial charge on any atom is 0.311 e. The van der Waals surface area contributed by atoms with Crippen molar-refractivity contribution < 1.29 is 13.9 Å². The van der Waals surface area contributed by atoms with Gasteiger partial charge in [0, 0.05) is 16.7 Å². The number of carbonyl (C=O) groups is 1. The zero-order valence-electron chi connectivity index (χ0n) is 14.0. The summed E-state index contributed by atoms with van der Waals surface area (Å²) in [6, 6.07) is 8.07. The van der Waals surface area contributed by atoms with E-state index in [2.05, 4.69) is 9.97 Å². The second-order valence-corrected chi connectivity index (χ2v) is 7.47. The van der Waals surface area contributed by atoms with Gasteiger partial charge in [0.05, 0.1) is 24.4 Å². The van der Waals surface area contributed by atoms with E-state index >= 15 is 0 Å². The smallest absolute Gasteiger partial charge is 0.311 e. The Morgan fingerprint density at radius 1 is 1.24 bits per heavy atom. The van der Waals surface area contributed by atoms with Crippen LogP contribution in [0.4, 0.5) is 0 Å². The third-order valence-electron chi connectivity index (χ3n) is 3.36. The van der Waals surface area contributed by atoms with Crippen LogP contribution < -0.4 is 0 Å². The van der Waals surface area contributed by atoms with Crippen molar-refractivity contribution in [1.29, 1.82) is 0 Å². The van der Waals surface area contributed by atoms with Crippen LogP contribution in [-0.2, 0) is 21.7 Å². The monoisotopic (exact) mass is 374 g/mol. The lowest BCUT2D eigenvalue weighted by molar-refractivity contribution is -0.142. The molecule has 3 rings (SSSR count). The summed E-state index contributed by atoms with van der Waals surface area (Å²) in [6.07, 6.45) is 1.89. The molecule has 7 heteroatoms. The van der Waals surface area contributed by atoms with E-state index in [0.29, 0.717) is 18.3 Å². The number of ether oxygens (including phenoxy) is 1. The minimum atomic E-state index is -0.247. The molecule has 1 aromatic carbocycles. The standard InChI is InChI=1S/C18H18N2O3S2/c1-3-22-16(21)8-14-10-24-18(20-14)25-11-15-9-23-17(19-15)13-6-4-12(2)5-7-13/h4-7,9-10H,3,8,11H2,1-2H3. The largest absolute Gasteiger partial charge is 0.466 e. The van der Waals surface area contributed by atoms with Gasteiger partial charge in [0.25, 0.3) is 0 Å². The molecule has 0 aliphatic heterocycles. The third-order valence-corrected chi connectivity index (χ3v) is 5.46. The Bertz CT molecular complexity index is 840.